The molecule has 2 aromatic carbocycles. The molecule has 0 spiro atoms. The third-order valence-corrected chi connectivity index (χ3v) is 6.30. The molecular weight excluding hydrogens is 326 g/mol. The smallest absolute Gasteiger partial charge is 0.241 e. The summed E-state index contributed by atoms with van der Waals surface area (Å²) in [5.41, 5.74) is 6.21. The maximum atomic E-state index is 4.92. The summed E-state index contributed by atoms with van der Waals surface area (Å²) in [6.07, 6.45) is 0. The Morgan fingerprint density at radius 2 is 1.84 bits per heavy atom. The number of hydrogen-bond acceptors (Lipinski definition) is 2. The average Bonchev–Trinajstić information content (AvgIpc) is 3.07. The first-order valence-electron chi connectivity index (χ1n) is 8.63. The Hall–Kier alpha value is -2.20. The Bertz CT molecular complexity index is 1070. The first-order valence-corrected chi connectivity index (χ1v) is 9.44. The first kappa shape index (κ1) is 16.3. The molecule has 0 aliphatic rings. The number of fused-ring (bicyclic) bond motifs is 2. The molecule has 128 valence electrons. The lowest BCUT2D eigenvalue weighted by Crippen LogP contribution is -2.30. The van der Waals surface area contributed by atoms with Crippen molar-refractivity contribution in [2.45, 2.75) is 33.1 Å². The summed E-state index contributed by atoms with van der Waals surface area (Å²) >= 11 is 1.81. The number of aryl methyl sites for hydroxylation is 3. The van der Waals surface area contributed by atoms with Crippen LogP contribution in [0.5, 0.6) is 0 Å². The summed E-state index contributed by atoms with van der Waals surface area (Å²) in [5, 5.41) is 1.19. The molecule has 3 nitrogen and oxygen atoms in total. The van der Waals surface area contributed by atoms with Crippen molar-refractivity contribution < 1.29 is 4.57 Å². The predicted octanol–water partition coefficient (Wildman–Crippen LogP) is 4.89. The zero-order valence-corrected chi connectivity index (χ0v) is 16.5. The largest absolute Gasteiger partial charge is 0.289 e. The topological polar surface area (TPSA) is 21.7 Å². The molecule has 25 heavy (non-hydrogen) atoms. The van der Waals surface area contributed by atoms with E-state index in [1.807, 2.05) is 11.3 Å². The van der Waals surface area contributed by atoms with Crippen LogP contribution in [0.25, 0.3) is 32.6 Å². The van der Waals surface area contributed by atoms with Gasteiger partial charge in [0.05, 0.1) is 34.9 Å². The second-order valence-electron chi connectivity index (χ2n) is 7.83. The van der Waals surface area contributed by atoms with Crippen molar-refractivity contribution in [2.24, 2.45) is 14.1 Å². The minimum absolute atomic E-state index is 0.0854. The highest BCUT2D eigenvalue weighted by Gasteiger charge is 2.25. The van der Waals surface area contributed by atoms with Crippen molar-refractivity contribution in [1.29, 1.82) is 0 Å². The van der Waals surface area contributed by atoms with Gasteiger partial charge in [-0.05, 0) is 36.8 Å². The van der Waals surface area contributed by atoms with Crippen LogP contribution in [-0.2, 0) is 19.5 Å². The van der Waals surface area contributed by atoms with Crippen molar-refractivity contribution in [1.82, 2.24) is 9.55 Å². The minimum atomic E-state index is 0.0854. The monoisotopic (exact) mass is 350 g/mol. The van der Waals surface area contributed by atoms with Crippen molar-refractivity contribution in [3.8, 4) is 11.4 Å². The van der Waals surface area contributed by atoms with E-state index in [0.717, 1.165) is 5.52 Å². The van der Waals surface area contributed by atoms with Crippen LogP contribution in [0, 0.1) is 6.92 Å². The van der Waals surface area contributed by atoms with E-state index >= 15 is 0 Å². The van der Waals surface area contributed by atoms with E-state index in [1.165, 1.54) is 37.7 Å². The Labute approximate surface area is 152 Å². The van der Waals surface area contributed by atoms with Crippen LogP contribution in [0.2, 0.25) is 0 Å². The van der Waals surface area contributed by atoms with Gasteiger partial charge in [-0.3, -0.25) is 0 Å². The third kappa shape index (κ3) is 2.47. The number of hydrogen-bond donors (Lipinski definition) is 0. The molecule has 0 bridgehead atoms. The van der Waals surface area contributed by atoms with E-state index in [2.05, 4.69) is 87.3 Å². The van der Waals surface area contributed by atoms with E-state index in [4.69, 9.17) is 4.98 Å². The second kappa shape index (κ2) is 5.40. The highest BCUT2D eigenvalue weighted by molar-refractivity contribution is 7.18. The van der Waals surface area contributed by atoms with Crippen molar-refractivity contribution in [3.63, 3.8) is 0 Å². The van der Waals surface area contributed by atoms with E-state index in [1.54, 1.807) is 0 Å². The van der Waals surface area contributed by atoms with Gasteiger partial charge < -0.3 is 0 Å². The van der Waals surface area contributed by atoms with E-state index in [-0.39, 0.29) is 5.41 Å². The fourth-order valence-corrected chi connectivity index (χ4v) is 4.59. The summed E-state index contributed by atoms with van der Waals surface area (Å²) < 4.78 is 5.83. The zero-order chi connectivity index (χ0) is 17.9. The fraction of sp³-hybridized carbons (Fsp3) is 0.333. The third-order valence-electron chi connectivity index (χ3n) is 4.86. The van der Waals surface area contributed by atoms with Crippen LogP contribution in [0.3, 0.4) is 0 Å². The summed E-state index contributed by atoms with van der Waals surface area (Å²) in [4.78, 5) is 4.92. The number of benzene rings is 2. The average molecular weight is 351 g/mol. The van der Waals surface area contributed by atoms with Gasteiger partial charge in [-0.2, -0.15) is 0 Å². The molecule has 0 unspecified atom stereocenters. The number of imidazole rings is 1. The lowest BCUT2D eigenvalue weighted by atomic mass is 9.98. The molecule has 4 aromatic rings. The van der Waals surface area contributed by atoms with Crippen molar-refractivity contribution in [3.05, 3.63) is 47.0 Å². The van der Waals surface area contributed by atoms with Gasteiger partial charge in [-0.15, -0.1) is 11.3 Å². The van der Waals surface area contributed by atoms with Gasteiger partial charge in [-0.1, -0.05) is 32.9 Å². The van der Waals surface area contributed by atoms with Gasteiger partial charge in [-0.25, -0.2) is 14.1 Å². The molecule has 0 saturated heterocycles. The molecule has 0 aliphatic carbocycles. The molecule has 0 saturated carbocycles. The number of aromatic nitrogens is 3. The van der Waals surface area contributed by atoms with Crippen LogP contribution in [0.4, 0.5) is 0 Å². The van der Waals surface area contributed by atoms with Crippen LogP contribution in [0.1, 0.15) is 31.3 Å². The molecule has 2 heterocycles. The van der Waals surface area contributed by atoms with E-state index < -0.39 is 0 Å². The predicted molar refractivity (Wildman–Crippen MR) is 106 cm³/mol. The van der Waals surface area contributed by atoms with Gasteiger partial charge in [0.25, 0.3) is 5.82 Å². The van der Waals surface area contributed by atoms with Crippen LogP contribution in [-0.4, -0.2) is 9.55 Å². The first-order chi connectivity index (χ1) is 11.8. The molecule has 0 fully saturated rings. The maximum Gasteiger partial charge on any atom is 0.289 e. The lowest BCUT2D eigenvalue weighted by Gasteiger charge is -2.13. The van der Waals surface area contributed by atoms with Gasteiger partial charge in [0.1, 0.15) is 0 Å². The molecule has 4 heteroatoms. The van der Waals surface area contributed by atoms with Crippen LogP contribution >= 0.6 is 11.3 Å². The highest BCUT2D eigenvalue weighted by atomic mass is 32.1. The van der Waals surface area contributed by atoms with Crippen molar-refractivity contribution in [2.75, 3.05) is 0 Å². The number of thiazole rings is 1. The summed E-state index contributed by atoms with van der Waals surface area (Å²) in [7, 11) is 4.28. The van der Waals surface area contributed by atoms with Crippen LogP contribution < -0.4 is 4.57 Å². The number of rotatable bonds is 1. The SMILES string of the molecule is Cc1cc2sc(C(C)(C)C)nc2cc1-c1n(C)c2ccccc2[n+]1C. The second-order valence-corrected chi connectivity index (χ2v) is 8.86. The number of nitrogens with zero attached hydrogens (tertiary/aromatic N) is 3. The molecule has 0 amide bonds. The molecule has 0 radical (unpaired) electrons. The lowest BCUT2D eigenvalue weighted by molar-refractivity contribution is -0.634. The zero-order valence-electron chi connectivity index (χ0n) is 15.7. The van der Waals surface area contributed by atoms with Gasteiger partial charge >= 0.3 is 0 Å². The highest BCUT2D eigenvalue weighted by Crippen LogP contribution is 2.35. The van der Waals surface area contributed by atoms with E-state index in [9.17, 15) is 0 Å². The summed E-state index contributed by atoms with van der Waals surface area (Å²) in [5.74, 6) is 1.21. The number of para-hydroxylation sites is 2. The quantitative estimate of drug-likeness (QED) is 0.448. The molecule has 2 aromatic heterocycles. The standard InChI is InChI=1S/C21H24N3S/c1-13-11-18-15(22-20(25-18)21(2,3)4)12-14(13)19-23(5)16-9-7-8-10-17(16)24(19)6/h7-12H,1-6H3/q+1. The molecule has 0 N–H and O–H groups in total. The summed E-state index contributed by atoms with van der Waals surface area (Å²) in [6.45, 7) is 8.87. The van der Waals surface area contributed by atoms with Crippen molar-refractivity contribution >= 4 is 32.6 Å². The molecular formula is C21H24N3S+. The molecule has 4 rings (SSSR count). The molecule has 0 atom stereocenters. The normalized spacial score (nSPS) is 12.4. The Morgan fingerprint density at radius 1 is 1.12 bits per heavy atom. The fourth-order valence-electron chi connectivity index (χ4n) is 3.48. The van der Waals surface area contributed by atoms with Gasteiger partial charge in [0.15, 0.2) is 11.0 Å². The van der Waals surface area contributed by atoms with Gasteiger partial charge in [0, 0.05) is 5.41 Å². The maximum absolute atomic E-state index is 4.92. The Morgan fingerprint density at radius 3 is 2.52 bits per heavy atom. The van der Waals surface area contributed by atoms with Gasteiger partial charge in [0.2, 0.25) is 0 Å². The Kier molecular flexibility index (Phi) is 3.51. The van der Waals surface area contributed by atoms with Crippen LogP contribution in [0.15, 0.2) is 36.4 Å². The molecule has 0 aliphatic heterocycles. The minimum Gasteiger partial charge on any atom is -0.241 e. The summed E-state index contributed by atoms with van der Waals surface area (Å²) in [6, 6.07) is 13.1. The Balaban J connectivity index is 2.00. The van der Waals surface area contributed by atoms with E-state index in [0.29, 0.717) is 0 Å².